The van der Waals surface area contributed by atoms with Gasteiger partial charge in [-0.3, -0.25) is 9.59 Å². The maximum absolute atomic E-state index is 12.0. The van der Waals surface area contributed by atoms with Crippen molar-refractivity contribution in [1.29, 1.82) is 0 Å². The zero-order chi connectivity index (χ0) is 15.2. The van der Waals surface area contributed by atoms with Crippen LogP contribution in [0, 0.1) is 0 Å². The Kier molecular flexibility index (Phi) is 5.31. The Hall–Kier alpha value is -1.91. The molecular formula is C11H15N5O3S2. The molecule has 0 radical (unpaired) electrons. The topological polar surface area (TPSA) is 122 Å². The van der Waals surface area contributed by atoms with Gasteiger partial charge in [-0.2, -0.15) is 0 Å². The van der Waals surface area contributed by atoms with Crippen molar-refractivity contribution in [1.82, 2.24) is 15.3 Å². The maximum Gasteiger partial charge on any atom is 0.304 e. The number of hydrogen-bond acceptors (Lipinski definition) is 8. The first kappa shape index (κ1) is 15.5. The summed E-state index contributed by atoms with van der Waals surface area (Å²) in [5, 5.41) is 7.93. The monoisotopic (exact) mass is 329 g/mol. The quantitative estimate of drug-likeness (QED) is 0.548. The molecule has 0 spiro atoms. The van der Waals surface area contributed by atoms with Gasteiger partial charge in [0, 0.05) is 24.7 Å². The molecule has 8 nitrogen and oxygen atoms in total. The van der Waals surface area contributed by atoms with E-state index in [9.17, 15) is 9.59 Å². The van der Waals surface area contributed by atoms with Crippen molar-refractivity contribution in [3.63, 3.8) is 0 Å². The molecule has 2 aromatic rings. The van der Waals surface area contributed by atoms with Gasteiger partial charge in [-0.05, 0) is 0 Å². The van der Waals surface area contributed by atoms with Gasteiger partial charge in [0.1, 0.15) is 10.7 Å². The molecule has 0 saturated carbocycles. The lowest BCUT2D eigenvalue weighted by molar-refractivity contribution is 0.0955. The number of thiazole rings is 2. The number of methoxy groups -OCH3 is 1. The molecule has 5 N–H and O–H groups in total. The largest absolute Gasteiger partial charge is 0.383 e. The number of rotatable bonds is 7. The number of ether oxygens (including phenoxy) is 1. The smallest absolute Gasteiger partial charge is 0.304 e. The Morgan fingerprint density at radius 2 is 2.38 bits per heavy atom. The second kappa shape index (κ2) is 7.20. The molecule has 10 heteroatoms. The third kappa shape index (κ3) is 4.28. The van der Waals surface area contributed by atoms with Crippen LogP contribution in [0.1, 0.15) is 15.4 Å². The predicted molar refractivity (Wildman–Crippen MR) is 83.0 cm³/mol. The summed E-state index contributed by atoms with van der Waals surface area (Å²) in [5.74, 6) is -0.145. The Morgan fingerprint density at radius 3 is 3.05 bits per heavy atom. The highest BCUT2D eigenvalue weighted by Gasteiger charge is 2.16. The first-order valence-electron chi connectivity index (χ1n) is 6.04. The first-order valence-corrected chi connectivity index (χ1v) is 7.73. The van der Waals surface area contributed by atoms with Crippen LogP contribution in [0.25, 0.3) is 0 Å². The molecule has 2 aromatic heterocycles. The minimum Gasteiger partial charge on any atom is -0.383 e. The highest BCUT2D eigenvalue weighted by molar-refractivity contribution is 7.18. The van der Waals surface area contributed by atoms with Crippen LogP contribution < -0.4 is 21.2 Å². The SMILES string of the molecule is COCCNc1nc(N)c(C(=O)NCc2csc(=O)[nH]2)s1. The van der Waals surface area contributed by atoms with Crippen LogP contribution in [0.5, 0.6) is 0 Å². The van der Waals surface area contributed by atoms with Crippen molar-refractivity contribution in [3.8, 4) is 0 Å². The second-order valence-electron chi connectivity index (χ2n) is 4.01. The summed E-state index contributed by atoms with van der Waals surface area (Å²) in [6.45, 7) is 1.36. The number of amides is 1. The summed E-state index contributed by atoms with van der Waals surface area (Å²) < 4.78 is 4.91. The molecule has 0 aliphatic heterocycles. The van der Waals surface area contributed by atoms with E-state index in [1.165, 1.54) is 11.3 Å². The molecule has 0 aromatic carbocycles. The summed E-state index contributed by atoms with van der Waals surface area (Å²) in [7, 11) is 1.60. The van der Waals surface area contributed by atoms with Crippen LogP contribution >= 0.6 is 22.7 Å². The van der Waals surface area contributed by atoms with Gasteiger partial charge < -0.3 is 26.1 Å². The van der Waals surface area contributed by atoms with Gasteiger partial charge in [0.2, 0.25) is 0 Å². The number of nitrogens with two attached hydrogens (primary N) is 1. The third-order valence-corrected chi connectivity index (χ3v) is 4.20. The van der Waals surface area contributed by atoms with Crippen molar-refractivity contribution >= 4 is 39.5 Å². The van der Waals surface area contributed by atoms with E-state index in [0.717, 1.165) is 11.3 Å². The minimum absolute atomic E-state index is 0.152. The second-order valence-corrected chi connectivity index (χ2v) is 5.85. The fraction of sp³-hybridized carbons (Fsp3) is 0.364. The lowest BCUT2D eigenvalue weighted by Crippen LogP contribution is -2.23. The first-order chi connectivity index (χ1) is 10.1. The molecule has 0 fully saturated rings. The van der Waals surface area contributed by atoms with Gasteiger partial charge >= 0.3 is 4.87 Å². The van der Waals surface area contributed by atoms with E-state index in [2.05, 4.69) is 20.6 Å². The van der Waals surface area contributed by atoms with E-state index in [4.69, 9.17) is 10.5 Å². The summed E-state index contributed by atoms with van der Waals surface area (Å²) >= 11 is 2.23. The number of aromatic amines is 1. The van der Waals surface area contributed by atoms with Crippen molar-refractivity contribution in [3.05, 3.63) is 25.6 Å². The van der Waals surface area contributed by atoms with E-state index in [-0.39, 0.29) is 23.1 Å². The van der Waals surface area contributed by atoms with Gasteiger partial charge in [0.25, 0.3) is 5.91 Å². The summed E-state index contributed by atoms with van der Waals surface area (Å²) in [6, 6.07) is 0. The fourth-order valence-corrected chi connectivity index (χ4v) is 2.89. The number of nitrogens with zero attached hydrogens (tertiary/aromatic N) is 1. The number of hydrogen-bond donors (Lipinski definition) is 4. The average Bonchev–Trinajstić information content (AvgIpc) is 3.03. The molecule has 0 saturated heterocycles. The molecule has 114 valence electrons. The maximum atomic E-state index is 12.0. The molecular weight excluding hydrogens is 314 g/mol. The van der Waals surface area contributed by atoms with Gasteiger partial charge in [-0.25, -0.2) is 4.98 Å². The summed E-state index contributed by atoms with van der Waals surface area (Å²) in [4.78, 5) is 29.9. The lowest BCUT2D eigenvalue weighted by Gasteiger charge is -2.01. The van der Waals surface area contributed by atoms with Crippen LogP contribution in [-0.4, -0.2) is 36.1 Å². The highest BCUT2D eigenvalue weighted by atomic mass is 32.1. The van der Waals surface area contributed by atoms with Gasteiger partial charge in [-0.1, -0.05) is 22.7 Å². The van der Waals surface area contributed by atoms with Gasteiger partial charge in [-0.15, -0.1) is 0 Å². The lowest BCUT2D eigenvalue weighted by atomic mass is 10.4. The standard InChI is InChI=1S/C11H15N5O3S2/c1-19-3-2-13-10-16-8(12)7(21-10)9(17)14-4-6-5-20-11(18)15-6/h5H,2-4,12H2,1H3,(H,13,16)(H,14,17)(H,15,18). The number of anilines is 2. The van der Waals surface area contributed by atoms with Crippen LogP contribution in [0.3, 0.4) is 0 Å². The van der Waals surface area contributed by atoms with Crippen molar-refractivity contribution in [2.45, 2.75) is 6.54 Å². The van der Waals surface area contributed by atoms with E-state index in [1.807, 2.05) is 0 Å². The number of aromatic nitrogens is 2. The number of carbonyl (C=O) groups excluding carboxylic acids is 1. The molecule has 2 heterocycles. The zero-order valence-electron chi connectivity index (χ0n) is 11.3. The molecule has 0 unspecified atom stereocenters. The number of H-pyrrole nitrogens is 1. The van der Waals surface area contributed by atoms with Gasteiger partial charge in [0.15, 0.2) is 5.13 Å². The average molecular weight is 329 g/mol. The van der Waals surface area contributed by atoms with Crippen molar-refractivity contribution < 1.29 is 9.53 Å². The van der Waals surface area contributed by atoms with Crippen LogP contribution in [0.4, 0.5) is 10.9 Å². The number of nitrogens with one attached hydrogen (secondary N) is 3. The molecule has 0 aliphatic carbocycles. The molecule has 2 rings (SSSR count). The van der Waals surface area contributed by atoms with Crippen LogP contribution in [0.15, 0.2) is 10.2 Å². The van der Waals surface area contributed by atoms with E-state index in [1.54, 1.807) is 12.5 Å². The van der Waals surface area contributed by atoms with E-state index in [0.29, 0.717) is 28.9 Å². The van der Waals surface area contributed by atoms with Crippen LogP contribution in [-0.2, 0) is 11.3 Å². The highest BCUT2D eigenvalue weighted by Crippen LogP contribution is 2.24. The third-order valence-electron chi connectivity index (χ3n) is 2.45. The Labute approximate surface area is 128 Å². The van der Waals surface area contributed by atoms with Crippen molar-refractivity contribution in [2.75, 3.05) is 31.3 Å². The predicted octanol–water partition coefficient (Wildman–Crippen LogP) is 0.463. The molecule has 21 heavy (non-hydrogen) atoms. The van der Waals surface area contributed by atoms with E-state index >= 15 is 0 Å². The van der Waals surface area contributed by atoms with Crippen molar-refractivity contribution in [2.24, 2.45) is 0 Å². The molecule has 1 amide bonds. The normalized spacial score (nSPS) is 10.5. The summed E-state index contributed by atoms with van der Waals surface area (Å²) in [5.41, 5.74) is 6.38. The van der Waals surface area contributed by atoms with E-state index < -0.39 is 0 Å². The molecule has 0 aliphatic rings. The number of nitrogen functional groups attached to an aromatic ring is 1. The zero-order valence-corrected chi connectivity index (χ0v) is 12.9. The number of carbonyl (C=O) groups is 1. The summed E-state index contributed by atoms with van der Waals surface area (Å²) in [6.07, 6.45) is 0. The Morgan fingerprint density at radius 1 is 1.57 bits per heavy atom. The van der Waals surface area contributed by atoms with Crippen LogP contribution in [0.2, 0.25) is 0 Å². The Balaban J connectivity index is 1.93. The van der Waals surface area contributed by atoms with Gasteiger partial charge in [0.05, 0.1) is 13.2 Å². The minimum atomic E-state index is -0.322. The molecule has 0 bridgehead atoms. The Bertz CT molecular complexity index is 663. The fourth-order valence-electron chi connectivity index (χ4n) is 1.49. The molecule has 0 atom stereocenters.